The SMILES string of the molecule is CCOC(=O)N/N=C/c1ccc(Br)cc1.CCOC(=O)N/N=C/c1ccc(Br)cc1. The van der Waals surface area contributed by atoms with Crippen molar-refractivity contribution in [2.45, 2.75) is 13.8 Å². The van der Waals surface area contributed by atoms with Crippen LogP contribution in [0.1, 0.15) is 25.0 Å². The zero-order valence-corrected chi connectivity index (χ0v) is 19.6. The second-order valence-electron chi connectivity index (χ2n) is 5.28. The van der Waals surface area contributed by atoms with Gasteiger partial charge in [0.1, 0.15) is 0 Å². The van der Waals surface area contributed by atoms with Crippen LogP contribution >= 0.6 is 31.9 Å². The van der Waals surface area contributed by atoms with Crippen molar-refractivity contribution in [2.75, 3.05) is 13.2 Å². The fourth-order valence-electron chi connectivity index (χ4n) is 1.74. The van der Waals surface area contributed by atoms with Crippen LogP contribution in [0.15, 0.2) is 67.7 Å². The van der Waals surface area contributed by atoms with Gasteiger partial charge in [-0.15, -0.1) is 0 Å². The lowest BCUT2D eigenvalue weighted by Gasteiger charge is -1.98. The third-order valence-corrected chi connectivity index (χ3v) is 4.09. The number of hydrogen-bond donors (Lipinski definition) is 2. The van der Waals surface area contributed by atoms with Crippen LogP contribution < -0.4 is 10.9 Å². The van der Waals surface area contributed by atoms with Crippen molar-refractivity contribution in [3.05, 3.63) is 68.6 Å². The molecule has 2 N–H and O–H groups in total. The molecule has 10 heteroatoms. The normalized spacial score (nSPS) is 10.3. The van der Waals surface area contributed by atoms with Crippen molar-refractivity contribution in [1.29, 1.82) is 0 Å². The van der Waals surface area contributed by atoms with E-state index in [2.05, 4.69) is 62.4 Å². The average Bonchev–Trinajstić information content (AvgIpc) is 2.72. The van der Waals surface area contributed by atoms with Gasteiger partial charge in [0, 0.05) is 8.95 Å². The maximum atomic E-state index is 10.8. The summed E-state index contributed by atoms with van der Waals surface area (Å²) in [6.07, 6.45) is 1.99. The zero-order chi connectivity index (χ0) is 22.2. The van der Waals surface area contributed by atoms with Crippen molar-refractivity contribution in [1.82, 2.24) is 10.9 Å². The number of ether oxygens (including phenoxy) is 2. The van der Waals surface area contributed by atoms with Gasteiger partial charge in [-0.05, 0) is 49.2 Å². The van der Waals surface area contributed by atoms with Gasteiger partial charge in [0.05, 0.1) is 25.6 Å². The first kappa shape index (κ1) is 25.3. The molecule has 0 bridgehead atoms. The Hall–Kier alpha value is -2.72. The molecule has 0 fully saturated rings. The highest BCUT2D eigenvalue weighted by molar-refractivity contribution is 9.10. The summed E-state index contributed by atoms with van der Waals surface area (Å²) in [5.41, 5.74) is 6.28. The molecule has 2 rings (SSSR count). The number of hydrogen-bond acceptors (Lipinski definition) is 6. The number of benzene rings is 2. The van der Waals surface area contributed by atoms with E-state index < -0.39 is 12.2 Å². The van der Waals surface area contributed by atoms with Crippen molar-refractivity contribution < 1.29 is 19.1 Å². The average molecular weight is 542 g/mol. The molecule has 2 amide bonds. The number of rotatable bonds is 6. The Labute approximate surface area is 192 Å². The third-order valence-electron chi connectivity index (χ3n) is 3.03. The van der Waals surface area contributed by atoms with Crippen LogP contribution in [0.5, 0.6) is 0 Å². The Balaban J connectivity index is 0.000000300. The predicted molar refractivity (Wildman–Crippen MR) is 124 cm³/mol. The second-order valence-corrected chi connectivity index (χ2v) is 7.12. The van der Waals surface area contributed by atoms with Crippen LogP contribution in [0, 0.1) is 0 Å². The molecule has 0 radical (unpaired) electrons. The fourth-order valence-corrected chi connectivity index (χ4v) is 2.27. The minimum absolute atomic E-state index is 0.333. The predicted octanol–water partition coefficient (Wildman–Crippen LogP) is 5.06. The molecule has 0 aliphatic heterocycles. The van der Waals surface area contributed by atoms with E-state index in [4.69, 9.17) is 0 Å². The quantitative estimate of drug-likeness (QED) is 0.394. The van der Waals surface area contributed by atoms with E-state index in [9.17, 15) is 9.59 Å². The van der Waals surface area contributed by atoms with E-state index in [1.54, 1.807) is 26.3 Å². The molecule has 0 heterocycles. The minimum Gasteiger partial charge on any atom is -0.449 e. The highest BCUT2D eigenvalue weighted by Crippen LogP contribution is 2.09. The van der Waals surface area contributed by atoms with Gasteiger partial charge in [0.15, 0.2) is 0 Å². The lowest BCUT2D eigenvalue weighted by Crippen LogP contribution is -2.18. The molecule has 0 unspecified atom stereocenters. The lowest BCUT2D eigenvalue weighted by atomic mass is 10.2. The smallest absolute Gasteiger partial charge is 0.427 e. The van der Waals surface area contributed by atoms with Gasteiger partial charge >= 0.3 is 12.2 Å². The molecule has 0 saturated heterocycles. The first-order chi connectivity index (χ1) is 14.4. The first-order valence-corrected chi connectivity index (χ1v) is 10.5. The number of hydrazone groups is 2. The first-order valence-electron chi connectivity index (χ1n) is 8.87. The van der Waals surface area contributed by atoms with Crippen molar-refractivity contribution in [2.24, 2.45) is 10.2 Å². The van der Waals surface area contributed by atoms with Crippen molar-refractivity contribution in [3.8, 4) is 0 Å². The van der Waals surface area contributed by atoms with E-state index in [0.29, 0.717) is 13.2 Å². The van der Waals surface area contributed by atoms with E-state index in [1.165, 1.54) is 0 Å². The maximum absolute atomic E-state index is 10.8. The number of halogens is 2. The molecular formula is C20H22Br2N4O4. The van der Waals surface area contributed by atoms with Gasteiger partial charge in [-0.1, -0.05) is 56.1 Å². The Morgan fingerprint density at radius 2 is 1.10 bits per heavy atom. The summed E-state index contributed by atoms with van der Waals surface area (Å²) in [6.45, 7) is 4.13. The Bertz CT molecular complexity index is 769. The molecule has 2 aromatic carbocycles. The molecule has 0 saturated carbocycles. The summed E-state index contributed by atoms with van der Waals surface area (Å²) in [7, 11) is 0. The summed E-state index contributed by atoms with van der Waals surface area (Å²) in [5.74, 6) is 0. The van der Waals surface area contributed by atoms with Gasteiger partial charge in [0.25, 0.3) is 0 Å². The molecular weight excluding hydrogens is 520 g/mol. The van der Waals surface area contributed by atoms with Gasteiger partial charge in [-0.2, -0.15) is 10.2 Å². The van der Waals surface area contributed by atoms with Gasteiger partial charge < -0.3 is 9.47 Å². The summed E-state index contributed by atoms with van der Waals surface area (Å²) < 4.78 is 11.3. The summed E-state index contributed by atoms with van der Waals surface area (Å²) in [6, 6.07) is 15.1. The number of carbonyl (C=O) groups is 2. The minimum atomic E-state index is -0.550. The number of carbonyl (C=O) groups excluding carboxylic acids is 2. The molecule has 0 aliphatic carbocycles. The number of nitrogens with one attached hydrogen (secondary N) is 2. The largest absolute Gasteiger partial charge is 0.449 e. The summed E-state index contributed by atoms with van der Waals surface area (Å²) in [4.78, 5) is 21.7. The standard InChI is InChI=1S/2C10H11BrN2O2/c2*1-2-15-10(14)13-12-7-8-3-5-9(11)6-4-8/h2*3-7H,2H2,1H3,(H,13,14)/b2*12-7+. The van der Waals surface area contributed by atoms with Crippen LogP contribution in [0.4, 0.5) is 9.59 Å². The fraction of sp³-hybridized carbons (Fsp3) is 0.200. The number of amides is 2. The number of nitrogens with zero attached hydrogens (tertiary/aromatic N) is 2. The van der Waals surface area contributed by atoms with Crippen molar-refractivity contribution in [3.63, 3.8) is 0 Å². The summed E-state index contributed by atoms with van der Waals surface area (Å²) in [5, 5.41) is 7.45. The van der Waals surface area contributed by atoms with Gasteiger partial charge in [-0.25, -0.2) is 20.4 Å². The molecule has 30 heavy (non-hydrogen) atoms. The van der Waals surface area contributed by atoms with Crippen molar-refractivity contribution >= 4 is 56.5 Å². The summed E-state index contributed by atoms with van der Waals surface area (Å²) >= 11 is 6.65. The van der Waals surface area contributed by atoms with Gasteiger partial charge in [0.2, 0.25) is 0 Å². The van der Waals surface area contributed by atoms with Crippen LogP contribution in [0.2, 0.25) is 0 Å². The van der Waals surface area contributed by atoms with E-state index in [-0.39, 0.29) is 0 Å². The Morgan fingerprint density at radius 1 is 0.767 bits per heavy atom. The molecule has 0 aromatic heterocycles. The molecule has 0 aliphatic rings. The van der Waals surface area contributed by atoms with Crippen LogP contribution in [-0.4, -0.2) is 37.8 Å². The maximum Gasteiger partial charge on any atom is 0.427 e. The lowest BCUT2D eigenvalue weighted by molar-refractivity contribution is 0.152. The molecule has 0 spiro atoms. The third kappa shape index (κ3) is 12.0. The highest BCUT2D eigenvalue weighted by atomic mass is 79.9. The molecule has 0 atom stereocenters. The van der Waals surface area contributed by atoms with Crippen LogP contribution in [0.25, 0.3) is 0 Å². The monoisotopic (exact) mass is 540 g/mol. The topological polar surface area (TPSA) is 101 Å². The Morgan fingerprint density at radius 3 is 1.40 bits per heavy atom. The van der Waals surface area contributed by atoms with Gasteiger partial charge in [-0.3, -0.25) is 0 Å². The van der Waals surface area contributed by atoms with Crippen LogP contribution in [0.3, 0.4) is 0 Å². The molecule has 2 aromatic rings. The zero-order valence-electron chi connectivity index (χ0n) is 16.5. The molecule has 8 nitrogen and oxygen atoms in total. The highest BCUT2D eigenvalue weighted by Gasteiger charge is 1.96. The van der Waals surface area contributed by atoms with E-state index >= 15 is 0 Å². The Kier molecular flexibility index (Phi) is 12.8. The van der Waals surface area contributed by atoms with E-state index in [0.717, 1.165) is 20.1 Å². The van der Waals surface area contributed by atoms with E-state index in [1.807, 2.05) is 48.5 Å². The van der Waals surface area contributed by atoms with Crippen LogP contribution in [-0.2, 0) is 9.47 Å². The second kappa shape index (κ2) is 15.2. The molecule has 160 valence electrons.